The van der Waals surface area contributed by atoms with Gasteiger partial charge < -0.3 is 10.4 Å². The van der Waals surface area contributed by atoms with E-state index in [1.807, 2.05) is 0 Å². The molecule has 0 aliphatic heterocycles. The summed E-state index contributed by atoms with van der Waals surface area (Å²) in [7, 11) is 0. The van der Waals surface area contributed by atoms with E-state index in [0.29, 0.717) is 16.4 Å². The molecule has 0 aliphatic rings. The highest BCUT2D eigenvalue weighted by Crippen LogP contribution is 2.27. The molecular weight excluding hydrogens is 214 g/mol. The minimum Gasteiger partial charge on any atom is -0.506 e. The molecule has 0 radical (unpaired) electrons. The van der Waals surface area contributed by atoms with Crippen LogP contribution in [-0.2, 0) is 4.79 Å². The van der Waals surface area contributed by atoms with Gasteiger partial charge in [0.2, 0.25) is 0 Å². The summed E-state index contributed by atoms with van der Waals surface area (Å²) < 4.78 is 0. The van der Waals surface area contributed by atoms with Crippen LogP contribution in [0.3, 0.4) is 0 Å². The summed E-state index contributed by atoms with van der Waals surface area (Å²) in [5, 5.41) is 12.9. The van der Waals surface area contributed by atoms with Crippen molar-refractivity contribution in [2.24, 2.45) is 0 Å². The monoisotopic (exact) mass is 225 g/mol. The summed E-state index contributed by atoms with van der Waals surface area (Å²) in [6, 6.07) is 4.67. The number of anilines is 1. The number of benzene rings is 1. The molecular formula is C11H12ClNO2. The van der Waals surface area contributed by atoms with Gasteiger partial charge in [-0.15, -0.1) is 0 Å². The van der Waals surface area contributed by atoms with Crippen LogP contribution in [0.15, 0.2) is 30.0 Å². The lowest BCUT2D eigenvalue weighted by atomic mass is 10.2. The molecule has 0 spiro atoms. The van der Waals surface area contributed by atoms with Gasteiger partial charge in [0.1, 0.15) is 5.75 Å². The number of allylic oxidation sites excluding steroid dienone is 2. The summed E-state index contributed by atoms with van der Waals surface area (Å²) >= 11 is 5.77. The van der Waals surface area contributed by atoms with Crippen molar-refractivity contribution in [3.8, 4) is 5.75 Å². The zero-order valence-electron chi connectivity index (χ0n) is 8.54. The predicted octanol–water partition coefficient (Wildman–Crippen LogP) is 2.95. The van der Waals surface area contributed by atoms with Crippen molar-refractivity contribution in [3.05, 3.63) is 35.0 Å². The minimum atomic E-state index is -0.0542. The van der Waals surface area contributed by atoms with Gasteiger partial charge in [0.05, 0.1) is 5.69 Å². The van der Waals surface area contributed by atoms with Crippen LogP contribution in [0.5, 0.6) is 5.75 Å². The number of phenolic OH excluding ortho intramolecular Hbond substituents is 1. The lowest BCUT2D eigenvalue weighted by molar-refractivity contribution is -0.112. The first-order valence-electron chi connectivity index (χ1n) is 4.43. The number of halogens is 1. The third-order valence-electron chi connectivity index (χ3n) is 1.71. The molecule has 2 N–H and O–H groups in total. The van der Waals surface area contributed by atoms with Gasteiger partial charge in [0, 0.05) is 10.7 Å². The fourth-order valence-electron chi connectivity index (χ4n) is 1.16. The third-order valence-corrected chi connectivity index (χ3v) is 1.95. The topological polar surface area (TPSA) is 49.3 Å². The van der Waals surface area contributed by atoms with Crippen molar-refractivity contribution in [2.75, 3.05) is 5.32 Å². The maximum Gasteiger partial charge on any atom is 0.154 e. The summed E-state index contributed by atoms with van der Waals surface area (Å²) in [6.07, 6.45) is 1.44. The first-order valence-corrected chi connectivity index (χ1v) is 4.81. The number of nitrogens with one attached hydrogen (secondary N) is 1. The van der Waals surface area contributed by atoms with Crippen LogP contribution >= 0.6 is 11.6 Å². The first-order chi connectivity index (χ1) is 6.99. The van der Waals surface area contributed by atoms with E-state index in [1.54, 1.807) is 19.1 Å². The Morgan fingerprint density at radius 3 is 2.73 bits per heavy atom. The SMILES string of the molecule is CC(=O)/C=C(\C)Nc1cc(Cl)ccc1O. The van der Waals surface area contributed by atoms with Gasteiger partial charge in [-0.2, -0.15) is 0 Å². The number of ketones is 1. The molecule has 15 heavy (non-hydrogen) atoms. The van der Waals surface area contributed by atoms with Gasteiger partial charge in [-0.05, 0) is 38.1 Å². The minimum absolute atomic E-state index is 0.0542. The Bertz CT molecular complexity index is 413. The average Bonchev–Trinajstić information content (AvgIpc) is 2.10. The highest BCUT2D eigenvalue weighted by Gasteiger charge is 2.02. The molecule has 0 saturated heterocycles. The van der Waals surface area contributed by atoms with Gasteiger partial charge in [-0.3, -0.25) is 4.79 Å². The largest absolute Gasteiger partial charge is 0.506 e. The van der Waals surface area contributed by atoms with E-state index in [1.165, 1.54) is 19.1 Å². The normalized spacial score (nSPS) is 11.3. The van der Waals surface area contributed by atoms with Crippen LogP contribution in [0.4, 0.5) is 5.69 Å². The van der Waals surface area contributed by atoms with E-state index in [2.05, 4.69) is 5.32 Å². The molecule has 1 rings (SSSR count). The zero-order valence-corrected chi connectivity index (χ0v) is 9.30. The standard InChI is InChI=1S/C11H12ClNO2/c1-7(5-8(2)14)13-10-6-9(12)3-4-11(10)15/h3-6,13,15H,1-2H3/b7-5+. The Labute approximate surface area is 93.4 Å². The Morgan fingerprint density at radius 1 is 1.47 bits per heavy atom. The maximum atomic E-state index is 10.8. The quantitative estimate of drug-likeness (QED) is 0.614. The van der Waals surface area contributed by atoms with Crippen LogP contribution in [-0.4, -0.2) is 10.9 Å². The maximum absolute atomic E-state index is 10.8. The molecule has 0 atom stereocenters. The molecule has 1 aromatic rings. The molecule has 0 bridgehead atoms. The fraction of sp³-hybridized carbons (Fsp3) is 0.182. The second-order valence-corrected chi connectivity index (χ2v) is 3.66. The van der Waals surface area contributed by atoms with Gasteiger partial charge in [-0.25, -0.2) is 0 Å². The molecule has 0 aliphatic carbocycles. The van der Waals surface area contributed by atoms with E-state index in [4.69, 9.17) is 11.6 Å². The summed E-state index contributed by atoms with van der Waals surface area (Å²) in [5.41, 5.74) is 1.14. The number of carbonyl (C=O) groups excluding carboxylic acids is 1. The molecule has 4 heteroatoms. The molecule has 0 heterocycles. The third kappa shape index (κ3) is 3.64. The average molecular weight is 226 g/mol. The van der Waals surface area contributed by atoms with Crippen LogP contribution in [0.25, 0.3) is 0 Å². The van der Waals surface area contributed by atoms with Gasteiger partial charge in [-0.1, -0.05) is 11.6 Å². The number of phenols is 1. The number of hydrogen-bond acceptors (Lipinski definition) is 3. The van der Waals surface area contributed by atoms with Crippen molar-refractivity contribution in [1.29, 1.82) is 0 Å². The van der Waals surface area contributed by atoms with Crippen molar-refractivity contribution in [2.45, 2.75) is 13.8 Å². The molecule has 0 fully saturated rings. The van der Waals surface area contributed by atoms with Crippen LogP contribution in [0, 0.1) is 0 Å². The van der Waals surface area contributed by atoms with Crippen molar-refractivity contribution in [3.63, 3.8) is 0 Å². The fourth-order valence-corrected chi connectivity index (χ4v) is 1.33. The summed E-state index contributed by atoms with van der Waals surface area (Å²) in [5.74, 6) is 0.0391. The predicted molar refractivity (Wildman–Crippen MR) is 61.2 cm³/mol. The van der Waals surface area contributed by atoms with E-state index in [-0.39, 0.29) is 11.5 Å². The highest BCUT2D eigenvalue weighted by atomic mass is 35.5. The molecule has 0 saturated carbocycles. The first kappa shape index (κ1) is 11.6. The molecule has 80 valence electrons. The number of hydrogen-bond donors (Lipinski definition) is 2. The second-order valence-electron chi connectivity index (χ2n) is 3.22. The number of carbonyl (C=O) groups is 1. The Hall–Kier alpha value is -1.48. The molecule has 0 aromatic heterocycles. The van der Waals surface area contributed by atoms with Crippen molar-refractivity contribution in [1.82, 2.24) is 0 Å². The van der Waals surface area contributed by atoms with E-state index in [0.717, 1.165) is 0 Å². The van der Waals surface area contributed by atoms with Crippen LogP contribution < -0.4 is 5.32 Å². The van der Waals surface area contributed by atoms with Crippen molar-refractivity contribution < 1.29 is 9.90 Å². The summed E-state index contributed by atoms with van der Waals surface area (Å²) in [4.78, 5) is 10.8. The summed E-state index contributed by atoms with van der Waals surface area (Å²) in [6.45, 7) is 3.20. The zero-order chi connectivity index (χ0) is 11.4. The van der Waals surface area contributed by atoms with E-state index >= 15 is 0 Å². The highest BCUT2D eigenvalue weighted by molar-refractivity contribution is 6.30. The van der Waals surface area contributed by atoms with Crippen LogP contribution in [0.2, 0.25) is 5.02 Å². The lowest BCUT2D eigenvalue weighted by Crippen LogP contribution is -1.98. The smallest absolute Gasteiger partial charge is 0.154 e. The van der Waals surface area contributed by atoms with Gasteiger partial charge in [0.15, 0.2) is 5.78 Å². The molecule has 1 aromatic carbocycles. The molecule has 0 unspecified atom stereocenters. The Balaban J connectivity index is 2.89. The lowest BCUT2D eigenvalue weighted by Gasteiger charge is -2.08. The molecule has 3 nitrogen and oxygen atoms in total. The van der Waals surface area contributed by atoms with E-state index in [9.17, 15) is 9.90 Å². The van der Waals surface area contributed by atoms with Crippen molar-refractivity contribution >= 4 is 23.1 Å². The van der Waals surface area contributed by atoms with Gasteiger partial charge >= 0.3 is 0 Å². The Kier molecular flexibility index (Phi) is 3.74. The Morgan fingerprint density at radius 2 is 2.13 bits per heavy atom. The van der Waals surface area contributed by atoms with E-state index < -0.39 is 0 Å². The second kappa shape index (κ2) is 4.84. The van der Waals surface area contributed by atoms with Crippen LogP contribution in [0.1, 0.15) is 13.8 Å². The van der Waals surface area contributed by atoms with Gasteiger partial charge in [0.25, 0.3) is 0 Å². The molecule has 0 amide bonds. The number of rotatable bonds is 3. The number of aromatic hydroxyl groups is 1.